The van der Waals surface area contributed by atoms with E-state index in [1.54, 1.807) is 54.6 Å². The summed E-state index contributed by atoms with van der Waals surface area (Å²) in [5, 5.41) is 0. The molecule has 0 fully saturated rings. The molecule has 0 radical (unpaired) electrons. The molecule has 4 nitrogen and oxygen atoms in total. The minimum absolute atomic E-state index is 0.304. The summed E-state index contributed by atoms with van der Waals surface area (Å²) in [5.74, 6) is 1.79. The minimum atomic E-state index is -0.304. The number of aromatic nitrogens is 1. The Bertz CT molecular complexity index is 1040. The van der Waals surface area contributed by atoms with Crippen LogP contribution in [-0.4, -0.2) is 4.98 Å². The number of nitrogens with two attached hydrogens (primary N) is 1. The highest BCUT2D eigenvalue weighted by Gasteiger charge is 2.08. The van der Waals surface area contributed by atoms with E-state index in [1.165, 1.54) is 12.1 Å². The minimum Gasteiger partial charge on any atom is -0.457 e. The van der Waals surface area contributed by atoms with Crippen molar-refractivity contribution in [1.82, 2.24) is 4.98 Å². The van der Waals surface area contributed by atoms with Gasteiger partial charge >= 0.3 is 0 Å². The van der Waals surface area contributed by atoms with Gasteiger partial charge in [0.15, 0.2) is 0 Å². The number of benzene rings is 2. The molecule has 0 saturated heterocycles. The molecule has 2 N–H and O–H groups in total. The van der Waals surface area contributed by atoms with Gasteiger partial charge in [0.1, 0.15) is 23.1 Å². The van der Waals surface area contributed by atoms with E-state index in [0.717, 1.165) is 11.1 Å². The number of hydrogen-bond donors (Lipinski definition) is 1. The average molecular weight is 388 g/mol. The zero-order valence-corrected chi connectivity index (χ0v) is 15.8. The number of allylic oxidation sites excluding steroid dienone is 3. The summed E-state index contributed by atoms with van der Waals surface area (Å²) >= 11 is 0. The lowest BCUT2D eigenvalue weighted by atomic mass is 10.1. The van der Waals surface area contributed by atoms with Crippen LogP contribution in [0.25, 0.3) is 11.3 Å². The van der Waals surface area contributed by atoms with Crippen molar-refractivity contribution in [2.75, 3.05) is 0 Å². The van der Waals surface area contributed by atoms with E-state index in [-0.39, 0.29) is 5.82 Å². The largest absolute Gasteiger partial charge is 0.457 e. The predicted octanol–water partition coefficient (Wildman–Crippen LogP) is 5.77. The second-order valence-electron chi connectivity index (χ2n) is 6.10. The van der Waals surface area contributed by atoms with Crippen LogP contribution in [0.5, 0.6) is 17.4 Å². The molecule has 0 atom stereocenters. The molecular weight excluding hydrogens is 367 g/mol. The summed E-state index contributed by atoms with van der Waals surface area (Å²) in [6.45, 7) is 7.69. The van der Waals surface area contributed by atoms with Gasteiger partial charge in [0.05, 0.1) is 5.69 Å². The molecule has 2 aromatic carbocycles. The van der Waals surface area contributed by atoms with Gasteiger partial charge in [-0.15, -0.1) is 0 Å². The fraction of sp³-hybridized carbons (Fsp3) is 0.0417. The van der Waals surface area contributed by atoms with Crippen molar-refractivity contribution >= 4 is 0 Å². The zero-order valence-electron chi connectivity index (χ0n) is 15.8. The van der Waals surface area contributed by atoms with Crippen molar-refractivity contribution < 1.29 is 13.9 Å². The first-order valence-electron chi connectivity index (χ1n) is 8.99. The number of rotatable bonds is 8. The van der Waals surface area contributed by atoms with Crippen molar-refractivity contribution in [3.63, 3.8) is 0 Å². The highest BCUT2D eigenvalue weighted by molar-refractivity contribution is 5.60. The van der Waals surface area contributed by atoms with Gasteiger partial charge in [0, 0.05) is 24.2 Å². The van der Waals surface area contributed by atoms with Gasteiger partial charge < -0.3 is 15.2 Å². The summed E-state index contributed by atoms with van der Waals surface area (Å²) in [5.41, 5.74) is 8.09. The second-order valence-corrected chi connectivity index (χ2v) is 6.10. The Balaban J connectivity index is 1.88. The molecule has 0 aliphatic heterocycles. The van der Waals surface area contributed by atoms with Crippen molar-refractivity contribution in [2.24, 2.45) is 5.73 Å². The molecule has 0 unspecified atom stereocenters. The van der Waals surface area contributed by atoms with Crippen LogP contribution in [0, 0.1) is 5.82 Å². The fourth-order valence-electron chi connectivity index (χ4n) is 2.62. The van der Waals surface area contributed by atoms with Crippen molar-refractivity contribution in [3.05, 3.63) is 109 Å². The molecule has 29 heavy (non-hydrogen) atoms. The smallest absolute Gasteiger partial charge is 0.220 e. The van der Waals surface area contributed by atoms with E-state index in [2.05, 4.69) is 18.1 Å². The average Bonchev–Trinajstić information content (AvgIpc) is 2.74. The first-order valence-corrected chi connectivity index (χ1v) is 8.99. The van der Waals surface area contributed by atoms with Gasteiger partial charge in [-0.3, -0.25) is 0 Å². The Morgan fingerprint density at radius 3 is 2.48 bits per heavy atom. The number of halogens is 1. The lowest BCUT2D eigenvalue weighted by molar-refractivity contribution is 0.431. The van der Waals surface area contributed by atoms with Gasteiger partial charge in [-0.2, -0.15) is 0 Å². The van der Waals surface area contributed by atoms with Crippen molar-refractivity contribution in [1.29, 1.82) is 0 Å². The third kappa shape index (κ3) is 5.40. The van der Waals surface area contributed by atoms with Gasteiger partial charge in [-0.05, 0) is 60.2 Å². The first-order chi connectivity index (χ1) is 14.1. The van der Waals surface area contributed by atoms with Crippen molar-refractivity contribution in [3.8, 4) is 28.6 Å². The van der Waals surface area contributed by atoms with Crippen LogP contribution in [0.3, 0.4) is 0 Å². The molecule has 0 bridgehead atoms. The van der Waals surface area contributed by atoms with Crippen LogP contribution >= 0.6 is 0 Å². The normalized spacial score (nSPS) is 11.0. The lowest BCUT2D eigenvalue weighted by Gasteiger charge is -2.11. The summed E-state index contributed by atoms with van der Waals surface area (Å²) in [4.78, 5) is 4.53. The van der Waals surface area contributed by atoms with Crippen LogP contribution in [0.2, 0.25) is 0 Å². The maximum atomic E-state index is 13.2. The molecule has 1 heterocycles. The Kier molecular flexibility index (Phi) is 6.55. The third-order valence-electron chi connectivity index (χ3n) is 3.98. The van der Waals surface area contributed by atoms with Crippen LogP contribution < -0.4 is 15.2 Å². The Labute approximate surface area is 169 Å². The van der Waals surface area contributed by atoms with Gasteiger partial charge in [-0.25, -0.2) is 9.37 Å². The maximum Gasteiger partial charge on any atom is 0.220 e. The Morgan fingerprint density at radius 1 is 1.03 bits per heavy atom. The highest BCUT2D eigenvalue weighted by atomic mass is 19.1. The summed E-state index contributed by atoms with van der Waals surface area (Å²) in [6.07, 6.45) is 4.93. The second kappa shape index (κ2) is 9.48. The molecule has 3 rings (SSSR count). The molecule has 5 heteroatoms. The summed E-state index contributed by atoms with van der Waals surface area (Å²) in [7, 11) is 0. The van der Waals surface area contributed by atoms with E-state index >= 15 is 0 Å². The van der Waals surface area contributed by atoms with E-state index in [4.69, 9.17) is 15.2 Å². The van der Waals surface area contributed by atoms with Gasteiger partial charge in [0.2, 0.25) is 5.88 Å². The fourth-order valence-corrected chi connectivity index (χ4v) is 2.62. The monoisotopic (exact) mass is 388 g/mol. The number of pyridine rings is 1. The summed E-state index contributed by atoms with van der Waals surface area (Å²) in [6, 6.07) is 16.9. The molecule has 0 spiro atoms. The third-order valence-corrected chi connectivity index (χ3v) is 3.98. The highest BCUT2D eigenvalue weighted by Crippen LogP contribution is 2.28. The van der Waals surface area contributed by atoms with E-state index in [1.807, 2.05) is 12.1 Å². The van der Waals surface area contributed by atoms with Crippen LogP contribution in [0.15, 0.2) is 97.8 Å². The van der Waals surface area contributed by atoms with Gasteiger partial charge in [-0.1, -0.05) is 25.3 Å². The number of ether oxygens (including phenoxy) is 2. The molecule has 0 saturated carbocycles. The molecule has 0 aliphatic rings. The maximum absolute atomic E-state index is 13.2. The number of hydrogen-bond acceptors (Lipinski definition) is 4. The standard InChI is InChI=1S/C24H21FN2O2/c1-3-6-20(4-2)28-21-7-5-8-22(15-21)29-24-14-17(16-26)13-23(27-24)18-9-11-19(25)12-10-18/h3-15H,1-2,16,26H2/b20-6+. The molecule has 146 valence electrons. The SMILES string of the molecule is C=C/C=C(\C=C)Oc1cccc(Oc2cc(CN)cc(-c3ccc(F)cc3)n2)c1. The molecule has 1 aromatic heterocycles. The van der Waals surface area contributed by atoms with Crippen LogP contribution in [0.1, 0.15) is 5.56 Å². The number of nitrogens with zero attached hydrogens (tertiary/aromatic N) is 1. The predicted molar refractivity (Wildman–Crippen MR) is 113 cm³/mol. The van der Waals surface area contributed by atoms with E-state index in [9.17, 15) is 4.39 Å². The molecule has 0 aliphatic carbocycles. The van der Waals surface area contributed by atoms with Crippen LogP contribution in [-0.2, 0) is 6.54 Å². The quantitative estimate of drug-likeness (QED) is 0.393. The molecule has 0 amide bonds. The molecule has 3 aromatic rings. The first kappa shape index (κ1) is 20.0. The topological polar surface area (TPSA) is 57.4 Å². The van der Waals surface area contributed by atoms with Gasteiger partial charge in [0.25, 0.3) is 0 Å². The lowest BCUT2D eigenvalue weighted by Crippen LogP contribution is -2.00. The van der Waals surface area contributed by atoms with Crippen LogP contribution in [0.4, 0.5) is 4.39 Å². The molecular formula is C24H21FN2O2. The Morgan fingerprint density at radius 2 is 1.79 bits per heavy atom. The Hall–Kier alpha value is -3.70. The van der Waals surface area contributed by atoms with Crippen molar-refractivity contribution in [2.45, 2.75) is 6.54 Å². The van der Waals surface area contributed by atoms with E-state index < -0.39 is 0 Å². The summed E-state index contributed by atoms with van der Waals surface area (Å²) < 4.78 is 24.9. The zero-order chi connectivity index (χ0) is 20.6. The van der Waals surface area contributed by atoms with E-state index in [0.29, 0.717) is 35.4 Å².